The number of morpholine rings is 1. The standard InChI is InChI=1S/C31H33F3N4O6/c1-42-31(41)38(29(39)28(35)27(18-5-9-20(32)10-6-18)19-7-11-21(33)12-8-19)26-4-2-3-25(34)24(26)14-13-23-15-37-22(16-43-23)17-44-30(36)40/h2-12,22-23,27-28,37H,13-17,35H2,1H3,(H2,36,40)/t22-,23+,28-/m0/s1. The molecular weight excluding hydrogens is 581 g/mol. The third kappa shape index (κ3) is 7.92. The first-order chi connectivity index (χ1) is 21.1. The van der Waals surface area contributed by atoms with E-state index in [1.807, 2.05) is 0 Å². The highest BCUT2D eigenvalue weighted by molar-refractivity contribution is 6.15. The highest BCUT2D eigenvalue weighted by atomic mass is 19.1. The van der Waals surface area contributed by atoms with Gasteiger partial charge in [-0.05, 0) is 60.4 Å². The maximum atomic E-state index is 15.3. The van der Waals surface area contributed by atoms with Gasteiger partial charge in [0.15, 0.2) is 0 Å². The van der Waals surface area contributed by atoms with E-state index in [2.05, 4.69) is 5.32 Å². The average Bonchev–Trinajstić information content (AvgIpc) is 3.02. The number of nitrogens with zero attached hydrogens (tertiary/aromatic N) is 1. The fourth-order valence-electron chi connectivity index (χ4n) is 5.09. The van der Waals surface area contributed by atoms with Crippen LogP contribution in [0.25, 0.3) is 0 Å². The molecule has 0 spiro atoms. The normalized spacial score (nSPS) is 17.1. The molecule has 13 heteroatoms. The fourth-order valence-corrected chi connectivity index (χ4v) is 5.09. The molecule has 5 N–H and O–H groups in total. The second-order valence-corrected chi connectivity index (χ2v) is 10.2. The number of hydrogen-bond donors (Lipinski definition) is 3. The topological polar surface area (TPSA) is 146 Å². The SMILES string of the molecule is COC(=O)N(C(=O)[C@@H](N)C(c1ccc(F)cc1)c1ccc(F)cc1)c1cccc(F)c1CC[C@@H]1CN[C@H](COC(N)=O)CO1. The van der Waals surface area contributed by atoms with Crippen molar-refractivity contribution in [3.05, 3.63) is 101 Å². The summed E-state index contributed by atoms with van der Waals surface area (Å²) in [6, 6.07) is 12.8. The van der Waals surface area contributed by atoms with Crippen LogP contribution < -0.4 is 21.7 Å². The number of ether oxygens (including phenoxy) is 3. The van der Waals surface area contributed by atoms with Crippen LogP contribution in [0.2, 0.25) is 0 Å². The van der Waals surface area contributed by atoms with Gasteiger partial charge in [-0.2, -0.15) is 0 Å². The van der Waals surface area contributed by atoms with Crippen molar-refractivity contribution in [1.82, 2.24) is 5.32 Å². The number of rotatable bonds is 10. The van der Waals surface area contributed by atoms with Crippen LogP contribution in [-0.4, -0.2) is 63.1 Å². The van der Waals surface area contributed by atoms with Gasteiger partial charge >= 0.3 is 12.2 Å². The van der Waals surface area contributed by atoms with E-state index in [1.165, 1.54) is 66.7 Å². The summed E-state index contributed by atoms with van der Waals surface area (Å²) in [5.41, 5.74) is 12.4. The van der Waals surface area contributed by atoms with Gasteiger partial charge in [0.2, 0.25) is 0 Å². The van der Waals surface area contributed by atoms with Crippen LogP contribution in [0.15, 0.2) is 66.7 Å². The van der Waals surface area contributed by atoms with E-state index in [9.17, 15) is 23.2 Å². The number of hydrogen-bond acceptors (Lipinski definition) is 8. The number of primary amides is 1. The second-order valence-electron chi connectivity index (χ2n) is 10.2. The van der Waals surface area contributed by atoms with Gasteiger partial charge in [0.25, 0.3) is 5.91 Å². The molecule has 3 amide bonds. The summed E-state index contributed by atoms with van der Waals surface area (Å²) < 4.78 is 58.3. The molecule has 1 aliphatic rings. The lowest BCUT2D eigenvalue weighted by molar-refractivity contribution is -0.119. The monoisotopic (exact) mass is 614 g/mol. The first-order valence-corrected chi connectivity index (χ1v) is 13.8. The Morgan fingerprint density at radius 3 is 2.14 bits per heavy atom. The van der Waals surface area contributed by atoms with E-state index < -0.39 is 47.5 Å². The van der Waals surface area contributed by atoms with Gasteiger partial charge in [-0.3, -0.25) is 4.79 Å². The average molecular weight is 615 g/mol. The van der Waals surface area contributed by atoms with Crippen molar-refractivity contribution in [3.63, 3.8) is 0 Å². The van der Waals surface area contributed by atoms with Crippen molar-refractivity contribution in [2.24, 2.45) is 11.5 Å². The molecule has 3 atom stereocenters. The molecule has 0 aliphatic carbocycles. The molecule has 4 rings (SSSR count). The molecule has 1 aliphatic heterocycles. The molecule has 0 bridgehead atoms. The third-order valence-electron chi connectivity index (χ3n) is 7.33. The quantitative estimate of drug-likeness (QED) is 0.313. The number of carbonyl (C=O) groups excluding carboxylic acids is 3. The molecule has 234 valence electrons. The summed E-state index contributed by atoms with van der Waals surface area (Å²) in [6.45, 7) is 0.628. The van der Waals surface area contributed by atoms with Crippen LogP contribution in [-0.2, 0) is 25.4 Å². The van der Waals surface area contributed by atoms with Crippen LogP contribution >= 0.6 is 0 Å². The van der Waals surface area contributed by atoms with Gasteiger partial charge in [-0.1, -0.05) is 30.3 Å². The minimum Gasteiger partial charge on any atom is -0.452 e. The van der Waals surface area contributed by atoms with E-state index in [1.54, 1.807) is 0 Å². The van der Waals surface area contributed by atoms with Crippen LogP contribution in [0.4, 0.5) is 28.4 Å². The first-order valence-electron chi connectivity index (χ1n) is 13.8. The Balaban J connectivity index is 1.60. The van der Waals surface area contributed by atoms with E-state index in [0.29, 0.717) is 29.0 Å². The Kier molecular flexibility index (Phi) is 10.9. The summed E-state index contributed by atoms with van der Waals surface area (Å²) in [5.74, 6) is -3.54. The highest BCUT2D eigenvalue weighted by Crippen LogP contribution is 2.32. The van der Waals surface area contributed by atoms with Crippen molar-refractivity contribution >= 4 is 23.8 Å². The molecular formula is C31H33F3N4O6. The Morgan fingerprint density at radius 2 is 1.61 bits per heavy atom. The van der Waals surface area contributed by atoms with Gasteiger partial charge in [0.1, 0.15) is 24.1 Å². The van der Waals surface area contributed by atoms with Gasteiger partial charge < -0.3 is 31.0 Å². The van der Waals surface area contributed by atoms with E-state index >= 15 is 4.39 Å². The van der Waals surface area contributed by atoms with Gasteiger partial charge in [-0.25, -0.2) is 27.7 Å². The number of halogens is 3. The molecule has 1 fully saturated rings. The van der Waals surface area contributed by atoms with E-state index in [-0.39, 0.29) is 43.0 Å². The Morgan fingerprint density at radius 1 is 1.00 bits per heavy atom. The largest absolute Gasteiger partial charge is 0.452 e. The molecule has 0 saturated carbocycles. The maximum Gasteiger partial charge on any atom is 0.420 e. The van der Waals surface area contributed by atoms with Crippen molar-refractivity contribution in [2.75, 3.05) is 31.8 Å². The highest BCUT2D eigenvalue weighted by Gasteiger charge is 2.37. The van der Waals surface area contributed by atoms with Crippen LogP contribution in [0.5, 0.6) is 0 Å². The second kappa shape index (κ2) is 14.8. The summed E-state index contributed by atoms with van der Waals surface area (Å²) in [7, 11) is 1.07. The zero-order valence-electron chi connectivity index (χ0n) is 23.9. The number of amides is 3. The van der Waals surface area contributed by atoms with Gasteiger partial charge in [0, 0.05) is 18.0 Å². The molecule has 44 heavy (non-hydrogen) atoms. The molecule has 0 aromatic heterocycles. The van der Waals surface area contributed by atoms with Crippen LogP contribution in [0, 0.1) is 17.5 Å². The summed E-state index contributed by atoms with van der Waals surface area (Å²) in [5, 5.41) is 3.17. The van der Waals surface area contributed by atoms with Crippen LogP contribution in [0.3, 0.4) is 0 Å². The van der Waals surface area contributed by atoms with Crippen molar-refractivity contribution in [3.8, 4) is 0 Å². The van der Waals surface area contributed by atoms with Crippen LogP contribution in [0.1, 0.15) is 29.0 Å². The Bertz CT molecular complexity index is 1400. The molecule has 1 heterocycles. The Labute approximate surface area is 252 Å². The third-order valence-corrected chi connectivity index (χ3v) is 7.33. The lowest BCUT2D eigenvalue weighted by Crippen LogP contribution is -2.50. The summed E-state index contributed by atoms with van der Waals surface area (Å²) in [6.07, 6.45) is -1.95. The predicted octanol–water partition coefficient (Wildman–Crippen LogP) is 3.75. The number of carbonyl (C=O) groups is 3. The molecule has 0 unspecified atom stereocenters. The fraction of sp³-hybridized carbons (Fsp3) is 0.323. The smallest absolute Gasteiger partial charge is 0.420 e. The lowest BCUT2D eigenvalue weighted by atomic mass is 9.84. The predicted molar refractivity (Wildman–Crippen MR) is 154 cm³/mol. The lowest BCUT2D eigenvalue weighted by Gasteiger charge is -2.31. The zero-order chi connectivity index (χ0) is 31.8. The molecule has 1 saturated heterocycles. The first kappa shape index (κ1) is 32.5. The molecule has 0 radical (unpaired) electrons. The zero-order valence-corrected chi connectivity index (χ0v) is 23.9. The number of imide groups is 1. The number of nitrogens with two attached hydrogens (primary N) is 2. The number of benzene rings is 3. The summed E-state index contributed by atoms with van der Waals surface area (Å²) in [4.78, 5) is 38.6. The Hall–Kier alpha value is -4.46. The van der Waals surface area contributed by atoms with E-state index in [4.69, 9.17) is 25.7 Å². The van der Waals surface area contributed by atoms with Crippen molar-refractivity contribution in [2.45, 2.75) is 36.9 Å². The van der Waals surface area contributed by atoms with Crippen molar-refractivity contribution < 1.29 is 41.8 Å². The summed E-state index contributed by atoms with van der Waals surface area (Å²) >= 11 is 0. The minimum atomic E-state index is -1.45. The molecule has 10 nitrogen and oxygen atoms in total. The number of nitrogens with one attached hydrogen (secondary N) is 1. The minimum absolute atomic E-state index is 0.0345. The molecule has 3 aromatic rings. The maximum absolute atomic E-state index is 15.3. The number of anilines is 1. The van der Waals surface area contributed by atoms with Crippen molar-refractivity contribution in [1.29, 1.82) is 0 Å². The van der Waals surface area contributed by atoms with E-state index in [0.717, 1.165) is 7.11 Å². The van der Waals surface area contributed by atoms with Gasteiger partial charge in [0.05, 0.1) is 37.6 Å². The van der Waals surface area contributed by atoms with Gasteiger partial charge in [-0.15, -0.1) is 0 Å². The molecule has 3 aromatic carbocycles. The number of methoxy groups -OCH3 is 1.